The molecule has 4 atom stereocenters. The second-order valence-corrected chi connectivity index (χ2v) is 9.88. The number of nitrogens with zero attached hydrogens (tertiary/aromatic N) is 2. The van der Waals surface area contributed by atoms with Crippen molar-refractivity contribution in [2.24, 2.45) is 11.3 Å². The molecular formula is C23H24FN5O7. The van der Waals surface area contributed by atoms with Crippen molar-refractivity contribution in [3.63, 3.8) is 0 Å². The SMILES string of the molecule is C[C@@H]1CN2c3c(cc4c(OC[C@H]5CNC(=O)C5)noc4c3F)CC3(C(=O)NC(=O)NC3=O)[C@H]2[C@H](C)O1. The van der Waals surface area contributed by atoms with Crippen molar-refractivity contribution in [2.45, 2.75) is 44.9 Å². The Labute approximate surface area is 203 Å². The maximum atomic E-state index is 16.0. The highest BCUT2D eigenvalue weighted by Crippen LogP contribution is 2.49. The molecule has 3 N–H and O–H groups in total. The molecule has 0 saturated carbocycles. The molecule has 3 saturated heterocycles. The zero-order valence-corrected chi connectivity index (χ0v) is 19.6. The number of benzene rings is 1. The maximum Gasteiger partial charge on any atom is 0.328 e. The molecule has 2 aromatic rings. The Hall–Kier alpha value is -3.74. The Kier molecular flexibility index (Phi) is 4.97. The number of hydrogen-bond acceptors (Lipinski definition) is 9. The molecular weight excluding hydrogens is 477 g/mol. The summed E-state index contributed by atoms with van der Waals surface area (Å²) in [7, 11) is 0. The molecule has 0 unspecified atom stereocenters. The van der Waals surface area contributed by atoms with Crippen LogP contribution in [0.25, 0.3) is 11.0 Å². The van der Waals surface area contributed by atoms with Gasteiger partial charge >= 0.3 is 6.03 Å². The van der Waals surface area contributed by atoms with E-state index in [1.54, 1.807) is 17.9 Å². The number of rotatable bonds is 3. The van der Waals surface area contributed by atoms with E-state index < -0.39 is 41.2 Å². The van der Waals surface area contributed by atoms with Crippen LogP contribution in [0.1, 0.15) is 25.8 Å². The Morgan fingerprint density at radius 3 is 2.67 bits per heavy atom. The van der Waals surface area contributed by atoms with Gasteiger partial charge in [0.25, 0.3) is 5.88 Å². The standard InChI is InChI=1S/C23H24FN5O7/c1-9-7-29-16-12(5-23(18(29)10(2)35-9)20(31)26-22(33)27-21(23)32)4-13-17(15(16)24)36-28-19(13)34-8-11-3-14(30)25-6-11/h4,9-11,18H,3,5-8H2,1-2H3,(H,25,30)(H2,26,27,31,32,33)/t9-,10+,11-,18-/m1/s1. The van der Waals surface area contributed by atoms with Crippen LogP contribution in [0.4, 0.5) is 14.9 Å². The number of imide groups is 2. The minimum absolute atomic E-state index is 0.0543. The molecule has 190 valence electrons. The highest BCUT2D eigenvalue weighted by Gasteiger charge is 2.63. The second kappa shape index (κ2) is 7.88. The van der Waals surface area contributed by atoms with Gasteiger partial charge in [0.2, 0.25) is 23.3 Å². The first-order valence-electron chi connectivity index (χ1n) is 11.8. The van der Waals surface area contributed by atoms with E-state index in [0.29, 0.717) is 18.5 Å². The molecule has 12 nitrogen and oxygen atoms in total. The van der Waals surface area contributed by atoms with E-state index >= 15 is 4.39 Å². The highest BCUT2D eigenvalue weighted by atomic mass is 19.1. The number of ether oxygens (including phenoxy) is 2. The number of carbonyl (C=O) groups excluding carboxylic acids is 4. The molecule has 1 aromatic carbocycles. The van der Waals surface area contributed by atoms with Gasteiger partial charge in [-0.25, -0.2) is 9.18 Å². The van der Waals surface area contributed by atoms with Crippen LogP contribution in [0.2, 0.25) is 0 Å². The maximum absolute atomic E-state index is 16.0. The van der Waals surface area contributed by atoms with Crippen LogP contribution in [0, 0.1) is 17.2 Å². The van der Waals surface area contributed by atoms with E-state index in [-0.39, 0.29) is 60.0 Å². The molecule has 5 heterocycles. The molecule has 4 aliphatic rings. The summed E-state index contributed by atoms with van der Waals surface area (Å²) in [6.07, 6.45) is -0.797. The average Bonchev–Trinajstić information content (AvgIpc) is 3.41. The molecule has 3 fully saturated rings. The lowest BCUT2D eigenvalue weighted by molar-refractivity contribution is -0.153. The number of urea groups is 1. The topological polar surface area (TPSA) is 152 Å². The van der Waals surface area contributed by atoms with Crippen LogP contribution in [-0.4, -0.2) is 66.9 Å². The highest BCUT2D eigenvalue weighted by molar-refractivity contribution is 6.20. The van der Waals surface area contributed by atoms with E-state index in [4.69, 9.17) is 14.0 Å². The molecule has 0 bridgehead atoms. The average molecular weight is 501 g/mol. The van der Waals surface area contributed by atoms with Gasteiger partial charge in [-0.1, -0.05) is 0 Å². The van der Waals surface area contributed by atoms with Crippen LogP contribution in [0.15, 0.2) is 10.6 Å². The van der Waals surface area contributed by atoms with Gasteiger partial charge in [-0.3, -0.25) is 25.0 Å². The zero-order valence-electron chi connectivity index (χ0n) is 19.6. The molecule has 1 spiro atoms. The fourth-order valence-corrected chi connectivity index (χ4v) is 6.01. The summed E-state index contributed by atoms with van der Waals surface area (Å²) < 4.78 is 33.0. The van der Waals surface area contributed by atoms with Crippen LogP contribution in [0.5, 0.6) is 5.88 Å². The van der Waals surface area contributed by atoms with Crippen molar-refractivity contribution in [3.8, 4) is 5.88 Å². The minimum atomic E-state index is -1.73. The summed E-state index contributed by atoms with van der Waals surface area (Å²) >= 11 is 0. The van der Waals surface area contributed by atoms with Gasteiger partial charge < -0.3 is 24.2 Å². The molecule has 36 heavy (non-hydrogen) atoms. The number of aromatic nitrogens is 1. The summed E-state index contributed by atoms with van der Waals surface area (Å²) in [5, 5.41) is 11.3. The number of anilines is 1. The number of nitrogens with one attached hydrogen (secondary N) is 3. The van der Waals surface area contributed by atoms with Crippen LogP contribution in [0.3, 0.4) is 0 Å². The van der Waals surface area contributed by atoms with E-state index in [0.717, 1.165) is 0 Å². The van der Waals surface area contributed by atoms with E-state index in [9.17, 15) is 19.2 Å². The number of halogens is 1. The molecule has 1 aromatic heterocycles. The first kappa shape index (κ1) is 22.7. The van der Waals surface area contributed by atoms with Gasteiger partial charge in [0.1, 0.15) is 0 Å². The summed E-state index contributed by atoms with van der Waals surface area (Å²) in [5.74, 6) is -2.27. The first-order valence-corrected chi connectivity index (χ1v) is 11.8. The van der Waals surface area contributed by atoms with Crippen molar-refractivity contribution in [1.29, 1.82) is 0 Å². The van der Waals surface area contributed by atoms with Gasteiger partial charge in [-0.2, -0.15) is 0 Å². The lowest BCUT2D eigenvalue weighted by atomic mass is 9.66. The van der Waals surface area contributed by atoms with Crippen molar-refractivity contribution in [1.82, 2.24) is 21.1 Å². The number of fused-ring (bicyclic) bond motifs is 5. The molecule has 5 amide bonds. The third-order valence-electron chi connectivity index (χ3n) is 7.45. The van der Waals surface area contributed by atoms with E-state index in [2.05, 4.69) is 21.1 Å². The zero-order chi connectivity index (χ0) is 25.4. The summed E-state index contributed by atoms with van der Waals surface area (Å²) in [6.45, 7) is 4.39. The van der Waals surface area contributed by atoms with Crippen LogP contribution < -0.4 is 25.6 Å². The summed E-state index contributed by atoms with van der Waals surface area (Å²) in [4.78, 5) is 51.5. The van der Waals surface area contributed by atoms with Gasteiger partial charge in [-0.05, 0) is 30.6 Å². The summed E-state index contributed by atoms with van der Waals surface area (Å²) in [5.41, 5.74) is -1.26. The fourth-order valence-electron chi connectivity index (χ4n) is 6.01. The smallest absolute Gasteiger partial charge is 0.328 e. The summed E-state index contributed by atoms with van der Waals surface area (Å²) in [6, 6.07) is -0.161. The number of barbiturate groups is 1. The molecule has 0 radical (unpaired) electrons. The Bertz CT molecular complexity index is 1310. The van der Waals surface area contributed by atoms with E-state index in [1.807, 2.05) is 6.92 Å². The normalized spacial score (nSPS) is 29.0. The third-order valence-corrected chi connectivity index (χ3v) is 7.45. The predicted octanol–water partition coefficient (Wildman–Crippen LogP) is 0.373. The van der Waals surface area contributed by atoms with Crippen molar-refractivity contribution in [2.75, 3.05) is 24.6 Å². The lowest BCUT2D eigenvalue weighted by Gasteiger charge is -2.55. The van der Waals surface area contributed by atoms with Crippen LogP contribution >= 0.6 is 0 Å². The van der Waals surface area contributed by atoms with Gasteiger partial charge in [-0.15, -0.1) is 0 Å². The monoisotopic (exact) mass is 501 g/mol. The Morgan fingerprint density at radius 1 is 1.22 bits per heavy atom. The van der Waals surface area contributed by atoms with Crippen molar-refractivity contribution < 1.29 is 37.6 Å². The number of amides is 5. The second-order valence-electron chi connectivity index (χ2n) is 9.88. The third kappa shape index (κ3) is 3.18. The van der Waals surface area contributed by atoms with Crippen LogP contribution in [-0.2, 0) is 25.5 Å². The first-order chi connectivity index (χ1) is 17.2. The molecule has 6 rings (SSSR count). The number of hydrogen-bond donors (Lipinski definition) is 3. The molecule has 0 aliphatic carbocycles. The van der Waals surface area contributed by atoms with Crippen molar-refractivity contribution >= 4 is 40.4 Å². The predicted molar refractivity (Wildman–Crippen MR) is 120 cm³/mol. The van der Waals surface area contributed by atoms with Gasteiger partial charge in [0.15, 0.2) is 11.2 Å². The molecule has 13 heteroatoms. The van der Waals surface area contributed by atoms with Crippen molar-refractivity contribution in [3.05, 3.63) is 17.4 Å². The number of carbonyl (C=O) groups is 4. The Balaban J connectivity index is 1.46. The Morgan fingerprint density at radius 2 is 1.97 bits per heavy atom. The minimum Gasteiger partial charge on any atom is -0.475 e. The molecule has 4 aliphatic heterocycles. The fraction of sp³-hybridized carbons (Fsp3) is 0.522. The number of morpholine rings is 1. The quantitative estimate of drug-likeness (QED) is 0.507. The van der Waals surface area contributed by atoms with Gasteiger partial charge in [0, 0.05) is 31.8 Å². The van der Waals surface area contributed by atoms with Gasteiger partial charge in [0.05, 0.1) is 35.9 Å². The van der Waals surface area contributed by atoms with E-state index in [1.165, 1.54) is 0 Å². The largest absolute Gasteiger partial charge is 0.475 e. The lowest BCUT2D eigenvalue weighted by Crippen LogP contribution is -2.75.